The molecule has 0 aromatic carbocycles. The molecule has 0 aromatic rings. The minimum atomic E-state index is 0.0409. The molecule has 0 N–H and O–H groups in total. The van der Waals surface area contributed by atoms with E-state index < -0.39 is 0 Å². The van der Waals surface area contributed by atoms with E-state index in [1.54, 1.807) is 0 Å². The minimum absolute atomic E-state index is 0.0409. The number of carbonyl (C=O) groups is 1. The Kier molecular flexibility index (Phi) is 3.32. The first-order valence-electron chi connectivity index (χ1n) is 5.71. The van der Waals surface area contributed by atoms with E-state index in [2.05, 4.69) is 13.8 Å². The molecule has 0 spiro atoms. The van der Waals surface area contributed by atoms with E-state index in [-0.39, 0.29) is 12.0 Å². The second kappa shape index (κ2) is 4.30. The fourth-order valence-electron chi connectivity index (χ4n) is 3.01. The predicted octanol–water partition coefficient (Wildman–Crippen LogP) is 3.04. The highest BCUT2D eigenvalue weighted by Gasteiger charge is 2.51. The summed E-state index contributed by atoms with van der Waals surface area (Å²) in [4.78, 5) is 11.9. The first-order valence-corrected chi connectivity index (χ1v) is 7.34. The van der Waals surface area contributed by atoms with E-state index in [9.17, 15) is 4.79 Å². The molecule has 3 aliphatic carbocycles. The Morgan fingerprint density at radius 3 is 2.81 bits per heavy atom. The maximum atomic E-state index is 11.9. The van der Waals surface area contributed by atoms with Crippen LogP contribution in [-0.2, 0) is 9.53 Å². The third-order valence-electron chi connectivity index (χ3n) is 4.09. The Bertz CT molecular complexity index is 325. The normalized spacial score (nSPS) is 36.2. The van der Waals surface area contributed by atoms with Crippen LogP contribution in [0.25, 0.3) is 0 Å². The zero-order chi connectivity index (χ0) is 11.9. The van der Waals surface area contributed by atoms with Crippen molar-refractivity contribution in [2.75, 3.05) is 6.26 Å². The molecular weight excluding hydrogens is 240 g/mol. The highest BCUT2D eigenvalue weighted by molar-refractivity contribution is 8.22. The van der Waals surface area contributed by atoms with Gasteiger partial charge in [0, 0.05) is 6.42 Å². The molecule has 3 saturated carbocycles. The lowest BCUT2D eigenvalue weighted by atomic mass is 9.56. The molecule has 0 heterocycles. The minimum Gasteiger partial charge on any atom is -0.474 e. The van der Waals surface area contributed by atoms with Crippen LogP contribution in [0.2, 0.25) is 0 Å². The summed E-state index contributed by atoms with van der Waals surface area (Å²) < 4.78 is 6.28. The van der Waals surface area contributed by atoms with Crippen molar-refractivity contribution in [1.82, 2.24) is 0 Å². The number of thiocarbonyl (C=S) groups is 1. The van der Waals surface area contributed by atoms with Gasteiger partial charge in [-0.15, -0.1) is 0 Å². The number of thioether (sulfide) groups is 1. The van der Waals surface area contributed by atoms with Crippen molar-refractivity contribution in [1.29, 1.82) is 0 Å². The highest BCUT2D eigenvalue weighted by Crippen LogP contribution is 2.51. The number of hydrogen-bond donors (Lipinski definition) is 0. The van der Waals surface area contributed by atoms with E-state index in [0.29, 0.717) is 21.5 Å². The maximum absolute atomic E-state index is 11.9. The van der Waals surface area contributed by atoms with Crippen LogP contribution in [-0.4, -0.2) is 22.5 Å². The lowest BCUT2D eigenvalue weighted by Gasteiger charge is -2.50. The van der Waals surface area contributed by atoms with Gasteiger partial charge in [-0.2, -0.15) is 0 Å². The van der Waals surface area contributed by atoms with Crippen molar-refractivity contribution in [2.45, 2.75) is 39.2 Å². The van der Waals surface area contributed by atoms with Crippen molar-refractivity contribution < 1.29 is 9.53 Å². The number of carbonyl (C=O) groups excluding carboxylic acids is 1. The smallest absolute Gasteiger partial charge is 0.219 e. The fraction of sp³-hybridized carbons (Fsp3) is 0.833. The highest BCUT2D eigenvalue weighted by atomic mass is 32.2. The number of rotatable bonds is 1. The van der Waals surface area contributed by atoms with E-state index in [0.717, 1.165) is 19.3 Å². The van der Waals surface area contributed by atoms with E-state index in [1.165, 1.54) is 11.8 Å². The molecular formula is C12H18O2S2. The summed E-state index contributed by atoms with van der Waals surface area (Å²) in [7, 11) is 0. The quantitative estimate of drug-likeness (QED) is 0.675. The van der Waals surface area contributed by atoms with E-state index >= 15 is 0 Å². The lowest BCUT2D eigenvalue weighted by Crippen LogP contribution is -2.51. The Hall–Kier alpha value is -0.0900. The molecule has 0 aliphatic heterocycles. The van der Waals surface area contributed by atoms with Crippen molar-refractivity contribution in [3.8, 4) is 0 Å². The summed E-state index contributed by atoms with van der Waals surface area (Å²) >= 11 is 6.52. The van der Waals surface area contributed by atoms with Gasteiger partial charge in [-0.25, -0.2) is 0 Å². The van der Waals surface area contributed by atoms with Crippen LogP contribution in [0.15, 0.2) is 0 Å². The van der Waals surface area contributed by atoms with Gasteiger partial charge in [0.1, 0.15) is 11.9 Å². The summed E-state index contributed by atoms with van der Waals surface area (Å²) in [6.45, 7) is 4.53. The van der Waals surface area contributed by atoms with Gasteiger partial charge >= 0.3 is 0 Å². The Morgan fingerprint density at radius 1 is 1.56 bits per heavy atom. The molecule has 0 unspecified atom stereocenters. The maximum Gasteiger partial charge on any atom is 0.219 e. The molecule has 3 aliphatic rings. The summed E-state index contributed by atoms with van der Waals surface area (Å²) in [6, 6.07) is 0. The molecule has 0 aromatic heterocycles. The number of hydrogen-bond acceptors (Lipinski definition) is 4. The molecule has 3 atom stereocenters. The third kappa shape index (κ3) is 2.14. The van der Waals surface area contributed by atoms with Gasteiger partial charge in [0.15, 0.2) is 0 Å². The predicted molar refractivity (Wildman–Crippen MR) is 70.6 cm³/mol. The first kappa shape index (κ1) is 12.4. The molecule has 2 bridgehead atoms. The van der Waals surface area contributed by atoms with Gasteiger partial charge in [-0.1, -0.05) is 25.6 Å². The molecule has 3 fully saturated rings. The molecule has 4 heteroatoms. The van der Waals surface area contributed by atoms with E-state index in [1.807, 2.05) is 6.26 Å². The molecule has 3 rings (SSSR count). The average Bonchev–Trinajstić information content (AvgIpc) is 2.20. The monoisotopic (exact) mass is 258 g/mol. The zero-order valence-electron chi connectivity index (χ0n) is 9.99. The van der Waals surface area contributed by atoms with Gasteiger partial charge in [0.2, 0.25) is 4.38 Å². The van der Waals surface area contributed by atoms with E-state index in [4.69, 9.17) is 17.0 Å². The second-order valence-corrected chi connectivity index (χ2v) is 6.92. The topological polar surface area (TPSA) is 26.3 Å². The number of ether oxygens (including phenoxy) is 1. The van der Waals surface area contributed by atoms with Crippen LogP contribution < -0.4 is 0 Å². The largest absolute Gasteiger partial charge is 0.474 e. The van der Waals surface area contributed by atoms with Crippen LogP contribution in [0.3, 0.4) is 0 Å². The summed E-state index contributed by atoms with van der Waals surface area (Å²) in [5.41, 5.74) is 0.291. The van der Waals surface area contributed by atoms with Crippen LogP contribution in [0, 0.1) is 17.3 Å². The van der Waals surface area contributed by atoms with Gasteiger partial charge in [-0.05, 0) is 42.6 Å². The Labute approximate surface area is 106 Å². The van der Waals surface area contributed by atoms with Crippen molar-refractivity contribution >= 4 is 34.1 Å². The molecule has 90 valence electrons. The van der Waals surface area contributed by atoms with Crippen LogP contribution in [0.1, 0.15) is 33.1 Å². The molecule has 0 saturated heterocycles. The Balaban J connectivity index is 2.10. The summed E-state index contributed by atoms with van der Waals surface area (Å²) in [6.07, 6.45) is 4.64. The lowest BCUT2D eigenvalue weighted by molar-refractivity contribution is -0.144. The number of Topliss-reactive ketones (excluding diaryl/α,β-unsaturated/α-hetero) is 1. The van der Waals surface area contributed by atoms with Crippen LogP contribution in [0.4, 0.5) is 0 Å². The van der Waals surface area contributed by atoms with Crippen molar-refractivity contribution in [3.63, 3.8) is 0 Å². The Morgan fingerprint density at radius 2 is 2.25 bits per heavy atom. The molecule has 0 amide bonds. The van der Waals surface area contributed by atoms with Crippen molar-refractivity contribution in [3.05, 3.63) is 0 Å². The van der Waals surface area contributed by atoms with Gasteiger partial charge in [0.25, 0.3) is 0 Å². The van der Waals surface area contributed by atoms with Gasteiger partial charge < -0.3 is 4.74 Å². The van der Waals surface area contributed by atoms with Crippen molar-refractivity contribution in [2.24, 2.45) is 17.3 Å². The molecule has 2 nitrogen and oxygen atoms in total. The van der Waals surface area contributed by atoms with Crippen LogP contribution in [0.5, 0.6) is 0 Å². The standard InChI is InChI=1S/C12H18O2S2/c1-12(2)6-8-9(13)4-7(12)5-10(8)14-11(15)16-3/h7-8,10H,4-6H2,1-3H3/t7-,8+,10+/m1/s1. The number of fused-ring (bicyclic) bond motifs is 3. The average molecular weight is 258 g/mol. The molecule has 16 heavy (non-hydrogen) atoms. The zero-order valence-corrected chi connectivity index (χ0v) is 11.6. The molecule has 0 radical (unpaired) electrons. The summed E-state index contributed by atoms with van der Waals surface area (Å²) in [5, 5.41) is 0. The summed E-state index contributed by atoms with van der Waals surface area (Å²) in [5.74, 6) is 0.925. The van der Waals surface area contributed by atoms with Gasteiger partial charge in [0.05, 0.1) is 5.92 Å². The first-order chi connectivity index (χ1) is 7.44. The van der Waals surface area contributed by atoms with Gasteiger partial charge in [-0.3, -0.25) is 4.79 Å². The third-order valence-corrected chi connectivity index (χ3v) is 5.12. The SMILES string of the molecule is CSC(=S)O[C@H]1C[C@H]2CC(=O)[C@@H]1CC2(C)C. The van der Waals surface area contributed by atoms with Crippen LogP contribution >= 0.6 is 24.0 Å². The fourth-order valence-corrected chi connectivity index (χ4v) is 3.35. The second-order valence-electron chi connectivity index (χ2n) is 5.51. The number of ketones is 1.